The van der Waals surface area contributed by atoms with Crippen molar-refractivity contribution in [1.29, 1.82) is 0 Å². The van der Waals surface area contributed by atoms with Crippen LogP contribution in [0.1, 0.15) is 0 Å². The summed E-state index contributed by atoms with van der Waals surface area (Å²) in [7, 11) is 0. The molecule has 16 aromatic carbocycles. The average Bonchev–Trinajstić information content (AvgIpc) is 1.38. The lowest BCUT2D eigenvalue weighted by atomic mass is 9.91. The first kappa shape index (κ1) is 62.0. The largest absolute Gasteiger partial charge is 0.456 e. The standard InChI is InChI=1S/2C50H30N2O2/c1-2-14-32(15-3-1)44-30-45(52-50(51-44)42-24-10-16-31-13-4-5-17-34(31)42)43-29-33(35-20-11-22-40-37-18-6-8-25-46(37)53-48(35)40)27-28-36(43)39-21-12-23-41-38-19-7-9-26-47(38)54-49(39)41;1-2-12-32(13-3-1)44-30-45(52-50(51-44)40-18-10-14-31-11-4-5-15-36(31)40)41-27-33(34-22-25-48-42(28-34)38-16-6-8-19-46(38)53-48)21-24-37(41)35-23-26-49-43(29-35)39-17-7-9-20-47(39)54-49/h2*1-30H. The summed E-state index contributed by atoms with van der Waals surface area (Å²) in [4.78, 5) is 21.3. The van der Waals surface area contributed by atoms with Gasteiger partial charge in [0.25, 0.3) is 0 Å². The molecule has 8 heteroatoms. The number of para-hydroxylation sites is 6. The lowest BCUT2D eigenvalue weighted by Crippen LogP contribution is -1.98. The maximum atomic E-state index is 6.62. The van der Waals surface area contributed by atoms with Crippen LogP contribution in [0.2, 0.25) is 0 Å². The van der Waals surface area contributed by atoms with Crippen molar-refractivity contribution in [3.63, 3.8) is 0 Å². The molecule has 0 bridgehead atoms. The van der Waals surface area contributed by atoms with E-state index in [2.05, 4.69) is 303 Å². The maximum absolute atomic E-state index is 6.62. The second-order valence-electron chi connectivity index (χ2n) is 27.4. The van der Waals surface area contributed by atoms with Gasteiger partial charge in [-0.05, 0) is 128 Å². The van der Waals surface area contributed by atoms with E-state index in [1.54, 1.807) is 0 Å². The highest BCUT2D eigenvalue weighted by Gasteiger charge is 2.24. The number of aromatic nitrogens is 4. The molecular weight excluding hydrogens is 1320 g/mol. The predicted molar refractivity (Wildman–Crippen MR) is 443 cm³/mol. The molecule has 22 aromatic rings. The van der Waals surface area contributed by atoms with E-state index in [0.717, 1.165) is 210 Å². The molecule has 0 fully saturated rings. The Morgan fingerprint density at radius 1 is 0.157 bits per heavy atom. The van der Waals surface area contributed by atoms with Crippen LogP contribution in [-0.4, -0.2) is 19.9 Å². The SMILES string of the molecule is c1ccc(-c2cc(-c3cc(-c4ccc5oc6ccccc6c5c4)ccc3-c3ccc4oc5ccccc5c4c3)nc(-c3cccc4ccccc34)n2)cc1.c1ccc(-c2cc(-c3cc(-c4cccc5c4oc4ccccc45)ccc3-c3cccc4c3oc3ccccc34)nc(-c3cccc4ccccc34)n2)cc1. The molecule has 0 aliphatic carbocycles. The molecule has 22 rings (SSSR count). The molecule has 108 heavy (non-hydrogen) atoms. The van der Waals surface area contributed by atoms with Crippen LogP contribution in [0.4, 0.5) is 0 Å². The zero-order valence-corrected chi connectivity index (χ0v) is 58.1. The second-order valence-corrected chi connectivity index (χ2v) is 27.4. The summed E-state index contributed by atoms with van der Waals surface area (Å²) in [5, 5.41) is 13.3. The highest BCUT2D eigenvalue weighted by Crippen LogP contribution is 2.46. The van der Waals surface area contributed by atoms with Crippen molar-refractivity contribution in [1.82, 2.24) is 19.9 Å². The third kappa shape index (κ3) is 10.8. The molecule has 0 aliphatic heterocycles. The molecular formula is C100H60N4O4. The fourth-order valence-electron chi connectivity index (χ4n) is 15.8. The van der Waals surface area contributed by atoms with Crippen LogP contribution in [0.15, 0.2) is 382 Å². The van der Waals surface area contributed by atoms with Gasteiger partial charge in [-0.25, -0.2) is 19.9 Å². The number of benzene rings is 16. The number of hydrogen-bond acceptors (Lipinski definition) is 8. The van der Waals surface area contributed by atoms with Crippen LogP contribution in [0.5, 0.6) is 0 Å². The van der Waals surface area contributed by atoms with E-state index >= 15 is 0 Å². The molecule has 0 radical (unpaired) electrons. The molecule has 504 valence electrons. The van der Waals surface area contributed by atoms with Crippen molar-refractivity contribution in [3.05, 3.63) is 364 Å². The van der Waals surface area contributed by atoms with Crippen LogP contribution >= 0.6 is 0 Å². The van der Waals surface area contributed by atoms with E-state index in [-0.39, 0.29) is 0 Å². The third-order valence-corrected chi connectivity index (χ3v) is 21.1. The summed E-state index contributed by atoms with van der Waals surface area (Å²) in [6.45, 7) is 0. The summed E-state index contributed by atoms with van der Waals surface area (Å²) in [5.41, 5.74) is 24.7. The van der Waals surface area contributed by atoms with Crippen molar-refractivity contribution in [2.45, 2.75) is 0 Å². The molecule has 0 N–H and O–H groups in total. The van der Waals surface area contributed by atoms with Gasteiger partial charge in [0, 0.05) is 87.6 Å². The number of nitrogens with zero attached hydrogens (tertiary/aromatic N) is 4. The van der Waals surface area contributed by atoms with Gasteiger partial charge in [-0.1, -0.05) is 291 Å². The third-order valence-electron chi connectivity index (χ3n) is 21.1. The topological polar surface area (TPSA) is 104 Å². The van der Waals surface area contributed by atoms with Crippen LogP contribution < -0.4 is 0 Å². The first-order valence-electron chi connectivity index (χ1n) is 36.3. The molecule has 0 saturated carbocycles. The summed E-state index contributed by atoms with van der Waals surface area (Å²) in [6.07, 6.45) is 0. The van der Waals surface area contributed by atoms with E-state index < -0.39 is 0 Å². The zero-order valence-electron chi connectivity index (χ0n) is 58.1. The summed E-state index contributed by atoms with van der Waals surface area (Å²) in [5.74, 6) is 1.35. The summed E-state index contributed by atoms with van der Waals surface area (Å²) < 4.78 is 25.6. The van der Waals surface area contributed by atoms with Gasteiger partial charge in [-0.15, -0.1) is 0 Å². The Morgan fingerprint density at radius 2 is 0.491 bits per heavy atom. The van der Waals surface area contributed by atoms with Crippen molar-refractivity contribution >= 4 is 109 Å². The van der Waals surface area contributed by atoms with Gasteiger partial charge in [0.1, 0.15) is 44.7 Å². The fourth-order valence-corrected chi connectivity index (χ4v) is 15.8. The predicted octanol–water partition coefficient (Wildman–Crippen LogP) is 27.5. The van der Waals surface area contributed by atoms with E-state index in [1.807, 2.05) is 60.7 Å². The van der Waals surface area contributed by atoms with Crippen molar-refractivity contribution in [2.75, 3.05) is 0 Å². The van der Waals surface area contributed by atoms with Crippen LogP contribution in [0.3, 0.4) is 0 Å². The highest BCUT2D eigenvalue weighted by molar-refractivity contribution is 6.14. The lowest BCUT2D eigenvalue weighted by Gasteiger charge is -2.16. The van der Waals surface area contributed by atoms with Crippen molar-refractivity contribution in [3.8, 4) is 112 Å². The Kier molecular flexibility index (Phi) is 14.7. The Hall–Kier alpha value is -14.6. The molecule has 0 atom stereocenters. The van der Waals surface area contributed by atoms with Gasteiger partial charge >= 0.3 is 0 Å². The monoisotopic (exact) mass is 1380 g/mol. The van der Waals surface area contributed by atoms with E-state index in [9.17, 15) is 0 Å². The summed E-state index contributed by atoms with van der Waals surface area (Å²) in [6, 6.07) is 126. The minimum absolute atomic E-state index is 0.667. The molecule has 0 amide bonds. The Bertz CT molecular complexity index is 7320. The van der Waals surface area contributed by atoms with Gasteiger partial charge < -0.3 is 17.7 Å². The molecule has 0 aliphatic rings. The molecule has 6 heterocycles. The number of hydrogen-bond donors (Lipinski definition) is 0. The lowest BCUT2D eigenvalue weighted by molar-refractivity contribution is 0.668. The first-order valence-corrected chi connectivity index (χ1v) is 36.3. The van der Waals surface area contributed by atoms with Crippen LogP contribution in [-0.2, 0) is 0 Å². The average molecular weight is 1380 g/mol. The molecule has 8 nitrogen and oxygen atoms in total. The summed E-state index contributed by atoms with van der Waals surface area (Å²) >= 11 is 0. The minimum atomic E-state index is 0.667. The second kappa shape index (κ2) is 25.7. The Balaban J connectivity index is 0.000000138. The Labute approximate surface area is 619 Å². The van der Waals surface area contributed by atoms with E-state index in [4.69, 9.17) is 37.6 Å². The van der Waals surface area contributed by atoms with Crippen LogP contribution in [0.25, 0.3) is 222 Å². The van der Waals surface area contributed by atoms with E-state index in [0.29, 0.717) is 11.6 Å². The van der Waals surface area contributed by atoms with Gasteiger partial charge in [0.15, 0.2) is 11.6 Å². The smallest absolute Gasteiger partial charge is 0.161 e. The van der Waals surface area contributed by atoms with Gasteiger partial charge in [0.2, 0.25) is 0 Å². The fraction of sp³-hybridized carbons (Fsp3) is 0. The maximum Gasteiger partial charge on any atom is 0.161 e. The van der Waals surface area contributed by atoms with Crippen molar-refractivity contribution < 1.29 is 17.7 Å². The van der Waals surface area contributed by atoms with Crippen molar-refractivity contribution in [2.24, 2.45) is 0 Å². The highest BCUT2D eigenvalue weighted by atomic mass is 16.3. The number of furan rings is 4. The molecule has 0 spiro atoms. The number of rotatable bonds is 10. The number of fused-ring (bicyclic) bond motifs is 14. The quantitative estimate of drug-likeness (QED) is 0.133. The Morgan fingerprint density at radius 3 is 1.04 bits per heavy atom. The molecule has 0 unspecified atom stereocenters. The first-order chi connectivity index (χ1) is 53.5. The van der Waals surface area contributed by atoms with Crippen LogP contribution in [0, 0.1) is 0 Å². The van der Waals surface area contributed by atoms with Gasteiger partial charge in [-0.2, -0.15) is 0 Å². The van der Waals surface area contributed by atoms with Gasteiger partial charge in [-0.3, -0.25) is 0 Å². The molecule has 6 aromatic heterocycles. The zero-order chi connectivity index (χ0) is 71.2. The minimum Gasteiger partial charge on any atom is -0.456 e. The van der Waals surface area contributed by atoms with Gasteiger partial charge in [0.05, 0.1) is 22.8 Å². The molecule has 0 saturated heterocycles. The normalized spacial score (nSPS) is 11.7. The van der Waals surface area contributed by atoms with E-state index in [1.165, 1.54) is 0 Å².